The molecule has 6 nitrogen and oxygen atoms in total. The van der Waals surface area contributed by atoms with Gasteiger partial charge in [0.2, 0.25) is 0 Å². The largest absolute Gasteiger partial charge is 0.271 e. The number of anilines is 1. The summed E-state index contributed by atoms with van der Waals surface area (Å²) in [6.07, 6.45) is 1.59. The molecule has 3 aromatic carbocycles. The summed E-state index contributed by atoms with van der Waals surface area (Å²) in [5.41, 5.74) is 5.45. The molecule has 0 aliphatic rings. The van der Waals surface area contributed by atoms with Crippen molar-refractivity contribution in [2.24, 2.45) is 5.10 Å². The fourth-order valence-electron chi connectivity index (χ4n) is 2.95. The van der Waals surface area contributed by atoms with E-state index in [2.05, 4.69) is 22.7 Å². The monoisotopic (exact) mass is 435 g/mol. The molecule has 0 saturated heterocycles. The third kappa shape index (κ3) is 5.79. The lowest BCUT2D eigenvalue weighted by molar-refractivity contribution is 0.0954. The van der Waals surface area contributed by atoms with E-state index in [1.54, 1.807) is 54.6 Å². The molecular weight excluding hydrogens is 410 g/mol. The summed E-state index contributed by atoms with van der Waals surface area (Å²) in [5, 5.41) is 4.16. The maximum Gasteiger partial charge on any atom is 0.271 e. The molecule has 0 atom stereocenters. The summed E-state index contributed by atoms with van der Waals surface area (Å²) in [4.78, 5) is 12.6. The van der Waals surface area contributed by atoms with Crippen LogP contribution in [-0.4, -0.2) is 27.1 Å². The predicted molar refractivity (Wildman–Crippen MR) is 124 cm³/mol. The van der Waals surface area contributed by atoms with Gasteiger partial charge in [0, 0.05) is 18.3 Å². The Labute approximate surface area is 183 Å². The summed E-state index contributed by atoms with van der Waals surface area (Å²) < 4.78 is 26.6. The van der Waals surface area contributed by atoms with Crippen molar-refractivity contribution < 1.29 is 13.2 Å². The summed E-state index contributed by atoms with van der Waals surface area (Å²) in [6, 6.07) is 24.7. The van der Waals surface area contributed by atoms with E-state index < -0.39 is 10.0 Å². The Morgan fingerprint density at radius 3 is 2.10 bits per heavy atom. The Balaban J connectivity index is 1.61. The van der Waals surface area contributed by atoms with Crippen LogP contribution in [0, 0.1) is 0 Å². The van der Waals surface area contributed by atoms with Gasteiger partial charge in [-0.2, -0.15) is 5.10 Å². The van der Waals surface area contributed by atoms with E-state index in [0.29, 0.717) is 11.3 Å². The van der Waals surface area contributed by atoms with Crippen molar-refractivity contribution in [1.29, 1.82) is 0 Å². The zero-order valence-electron chi connectivity index (χ0n) is 17.5. The number of aryl methyl sites for hydroxylation is 1. The Morgan fingerprint density at radius 1 is 0.903 bits per heavy atom. The third-order valence-corrected chi connectivity index (χ3v) is 6.66. The van der Waals surface area contributed by atoms with Crippen molar-refractivity contribution in [1.82, 2.24) is 5.43 Å². The van der Waals surface area contributed by atoms with E-state index in [1.165, 1.54) is 16.9 Å². The standard InChI is InChI=1S/C24H25N3O3S/c1-19(13-14-20-9-5-3-6-10-20)25-26-24(28)21-15-17-22(18-16-21)27(2)31(29,30)23-11-7-4-8-12-23/h3-12,15-18H,13-14H2,1-2H3,(H,26,28)/b25-19+. The van der Waals surface area contributed by atoms with Crippen molar-refractivity contribution >= 4 is 27.3 Å². The lowest BCUT2D eigenvalue weighted by Crippen LogP contribution is -2.26. The van der Waals surface area contributed by atoms with Gasteiger partial charge in [0.15, 0.2) is 0 Å². The van der Waals surface area contributed by atoms with Gasteiger partial charge in [0.05, 0.1) is 10.6 Å². The van der Waals surface area contributed by atoms with Gasteiger partial charge in [-0.3, -0.25) is 9.10 Å². The van der Waals surface area contributed by atoms with Gasteiger partial charge < -0.3 is 0 Å². The van der Waals surface area contributed by atoms with Crippen molar-refractivity contribution in [3.05, 3.63) is 96.1 Å². The fourth-order valence-corrected chi connectivity index (χ4v) is 4.17. The number of nitrogens with one attached hydrogen (secondary N) is 1. The Kier molecular flexibility index (Phi) is 7.20. The highest BCUT2D eigenvalue weighted by atomic mass is 32.2. The molecule has 0 aliphatic heterocycles. The Hall–Kier alpha value is -3.45. The second-order valence-electron chi connectivity index (χ2n) is 7.11. The number of rotatable bonds is 8. The van der Waals surface area contributed by atoms with Crippen molar-refractivity contribution in [2.75, 3.05) is 11.4 Å². The maximum atomic E-state index is 12.7. The highest BCUT2D eigenvalue weighted by molar-refractivity contribution is 7.92. The summed E-state index contributed by atoms with van der Waals surface area (Å²) in [7, 11) is -2.18. The lowest BCUT2D eigenvalue weighted by Gasteiger charge is -2.19. The summed E-state index contributed by atoms with van der Waals surface area (Å²) in [5.74, 6) is -0.348. The Morgan fingerprint density at radius 2 is 1.48 bits per heavy atom. The van der Waals surface area contributed by atoms with Crippen LogP contribution in [0.4, 0.5) is 5.69 Å². The molecule has 7 heteroatoms. The van der Waals surface area contributed by atoms with E-state index in [0.717, 1.165) is 18.6 Å². The number of carbonyl (C=O) groups excluding carboxylic acids is 1. The van der Waals surface area contributed by atoms with Gasteiger partial charge in [-0.15, -0.1) is 0 Å². The number of hydrogen-bond acceptors (Lipinski definition) is 4. The predicted octanol–water partition coefficient (Wildman–Crippen LogP) is 4.25. The van der Waals surface area contributed by atoms with Crippen LogP contribution in [0.3, 0.4) is 0 Å². The molecule has 31 heavy (non-hydrogen) atoms. The van der Waals surface area contributed by atoms with Crippen LogP contribution < -0.4 is 9.73 Å². The van der Waals surface area contributed by atoms with Crippen LogP contribution in [0.1, 0.15) is 29.3 Å². The van der Waals surface area contributed by atoms with Gasteiger partial charge in [-0.25, -0.2) is 13.8 Å². The number of nitrogens with zero attached hydrogens (tertiary/aromatic N) is 2. The zero-order chi connectivity index (χ0) is 22.3. The van der Waals surface area contributed by atoms with Crippen molar-refractivity contribution in [2.45, 2.75) is 24.7 Å². The normalized spacial score (nSPS) is 11.7. The second-order valence-corrected chi connectivity index (χ2v) is 9.08. The number of amides is 1. The van der Waals surface area contributed by atoms with Crippen molar-refractivity contribution in [3.63, 3.8) is 0 Å². The fraction of sp³-hybridized carbons (Fsp3) is 0.167. The first-order valence-corrected chi connectivity index (χ1v) is 11.3. The molecule has 1 N–H and O–H groups in total. The summed E-state index contributed by atoms with van der Waals surface area (Å²) in [6.45, 7) is 1.87. The second kappa shape index (κ2) is 10.0. The molecule has 0 aliphatic carbocycles. The van der Waals surface area contributed by atoms with Crippen LogP contribution in [0.2, 0.25) is 0 Å². The van der Waals surface area contributed by atoms with Gasteiger partial charge in [-0.05, 0) is 61.7 Å². The van der Waals surface area contributed by atoms with Crippen LogP contribution in [-0.2, 0) is 16.4 Å². The maximum absolute atomic E-state index is 12.7. The quantitative estimate of drug-likeness (QED) is 0.424. The molecule has 0 heterocycles. The highest BCUT2D eigenvalue weighted by Gasteiger charge is 2.21. The first-order chi connectivity index (χ1) is 14.9. The topological polar surface area (TPSA) is 78.8 Å². The van der Waals surface area contributed by atoms with Crippen LogP contribution in [0.15, 0.2) is 94.9 Å². The molecule has 1 amide bonds. The Bertz CT molecular complexity index is 1140. The van der Waals surface area contributed by atoms with Crippen LogP contribution in [0.5, 0.6) is 0 Å². The van der Waals surface area contributed by atoms with Gasteiger partial charge in [-0.1, -0.05) is 48.5 Å². The number of carbonyl (C=O) groups is 1. The van der Waals surface area contributed by atoms with Crippen LogP contribution >= 0.6 is 0 Å². The smallest absolute Gasteiger partial charge is 0.269 e. The van der Waals surface area contributed by atoms with Gasteiger partial charge in [0.25, 0.3) is 15.9 Å². The number of sulfonamides is 1. The molecule has 0 bridgehead atoms. The minimum atomic E-state index is -3.66. The minimum Gasteiger partial charge on any atom is -0.269 e. The highest BCUT2D eigenvalue weighted by Crippen LogP contribution is 2.22. The third-order valence-electron chi connectivity index (χ3n) is 4.86. The molecular formula is C24H25N3O3S. The molecule has 0 fully saturated rings. The summed E-state index contributed by atoms with van der Waals surface area (Å²) >= 11 is 0. The first-order valence-electron chi connectivity index (χ1n) is 9.89. The number of benzene rings is 3. The van der Waals surface area contributed by atoms with Crippen LogP contribution in [0.25, 0.3) is 0 Å². The van der Waals surface area contributed by atoms with Gasteiger partial charge in [0.1, 0.15) is 0 Å². The molecule has 3 aromatic rings. The van der Waals surface area contributed by atoms with E-state index in [-0.39, 0.29) is 10.8 Å². The average Bonchev–Trinajstić information content (AvgIpc) is 2.82. The SMILES string of the molecule is C/C(CCc1ccccc1)=N\NC(=O)c1ccc(N(C)S(=O)(=O)c2ccccc2)cc1. The van der Waals surface area contributed by atoms with E-state index in [4.69, 9.17) is 0 Å². The molecule has 0 unspecified atom stereocenters. The molecule has 0 spiro atoms. The van der Waals surface area contributed by atoms with E-state index in [1.807, 2.05) is 25.1 Å². The average molecular weight is 436 g/mol. The number of hydrazone groups is 1. The zero-order valence-corrected chi connectivity index (χ0v) is 18.3. The molecule has 0 aromatic heterocycles. The van der Waals surface area contributed by atoms with Crippen molar-refractivity contribution in [3.8, 4) is 0 Å². The molecule has 0 radical (unpaired) electrons. The minimum absolute atomic E-state index is 0.208. The first kappa shape index (κ1) is 22.2. The molecule has 0 saturated carbocycles. The lowest BCUT2D eigenvalue weighted by atomic mass is 10.1. The van der Waals surface area contributed by atoms with E-state index >= 15 is 0 Å². The molecule has 160 valence electrons. The van der Waals surface area contributed by atoms with Gasteiger partial charge >= 0.3 is 0 Å². The number of hydrogen-bond donors (Lipinski definition) is 1. The molecule has 3 rings (SSSR count). The van der Waals surface area contributed by atoms with E-state index in [9.17, 15) is 13.2 Å².